The summed E-state index contributed by atoms with van der Waals surface area (Å²) in [5.41, 5.74) is 11.2. The van der Waals surface area contributed by atoms with Crippen molar-refractivity contribution in [1.29, 1.82) is 0 Å². The van der Waals surface area contributed by atoms with Gasteiger partial charge >= 0.3 is 260 Å². The van der Waals surface area contributed by atoms with Gasteiger partial charge in [-0.2, -0.15) is 0 Å². The Bertz CT molecular complexity index is 1790. The maximum Gasteiger partial charge on any atom is -0.147 e. The predicted octanol–water partition coefficient (Wildman–Crippen LogP) is 10.8. The molecule has 4 aromatic rings. The summed E-state index contributed by atoms with van der Waals surface area (Å²) in [5, 5.41) is 1.53. The molecule has 0 fully saturated rings. The van der Waals surface area contributed by atoms with E-state index >= 15 is 0 Å². The zero-order valence-electron chi connectivity index (χ0n) is 25.2. The molecule has 2 aliphatic rings. The Hall–Kier alpha value is -1.86. The molecule has 2 aliphatic carbocycles. The summed E-state index contributed by atoms with van der Waals surface area (Å²) in [6, 6.07) is 32.8. The van der Waals surface area contributed by atoms with Crippen LogP contribution in [-0.4, -0.2) is 7.42 Å². The largest absolute Gasteiger partial charge is 0.147 e. The number of hydrogen-bond donors (Lipinski definition) is 0. The van der Waals surface area contributed by atoms with Crippen LogP contribution in [0.1, 0.15) is 56.9 Å². The first-order valence-corrected chi connectivity index (χ1v) is 20.5. The minimum absolute atomic E-state index is 0. The van der Waals surface area contributed by atoms with Gasteiger partial charge in [0.2, 0.25) is 0 Å². The van der Waals surface area contributed by atoms with Crippen LogP contribution in [-0.2, 0) is 25.7 Å². The fraction of sp³-hybridized carbons (Fsp3) is 0.211. The molecule has 1 unspecified atom stereocenters. The number of allylic oxidation sites excluding steroid dienone is 4. The number of benzene rings is 4. The first-order chi connectivity index (χ1) is 19.6. The maximum absolute atomic E-state index is 6.38. The molecule has 1 atom stereocenters. The Morgan fingerprint density at radius 2 is 1.26 bits per heavy atom. The van der Waals surface area contributed by atoms with E-state index in [9.17, 15) is 0 Å². The monoisotopic (exact) mass is 724 g/mol. The van der Waals surface area contributed by atoms with E-state index in [0.717, 1.165) is 16.5 Å². The molecule has 0 bridgehead atoms. The molecule has 0 spiro atoms. The topological polar surface area (TPSA) is 0 Å². The van der Waals surface area contributed by atoms with Crippen molar-refractivity contribution in [3.8, 4) is 11.1 Å². The zero-order valence-corrected chi connectivity index (χ0v) is 30.9. The molecule has 4 aromatic carbocycles. The molecular weight excluding hydrogens is 689 g/mol. The summed E-state index contributed by atoms with van der Waals surface area (Å²) in [6.07, 6.45) is 3.52. The van der Waals surface area contributed by atoms with Crippen LogP contribution in [0.4, 0.5) is 0 Å². The number of halogens is 4. The summed E-state index contributed by atoms with van der Waals surface area (Å²) < 4.78 is 8.53. The van der Waals surface area contributed by atoms with Crippen LogP contribution >= 0.6 is 48.0 Å². The van der Waals surface area contributed by atoms with Gasteiger partial charge in [0.15, 0.2) is 0 Å². The summed E-state index contributed by atoms with van der Waals surface area (Å²) in [6.45, 7) is 11.8. The molecule has 0 saturated carbocycles. The van der Waals surface area contributed by atoms with Crippen molar-refractivity contribution in [2.45, 2.75) is 41.0 Å². The summed E-state index contributed by atoms with van der Waals surface area (Å²) >= 11 is 8.93. The third-order valence-electron chi connectivity index (χ3n) is 8.76. The van der Waals surface area contributed by atoms with E-state index in [1.165, 1.54) is 44.5 Å². The van der Waals surface area contributed by atoms with Crippen LogP contribution in [0.25, 0.3) is 11.1 Å². The standard InChI is InChI=1S/C13H9.C11H17.2C7H5Cl.2ClH.Zr/c1-3-7-12-10(5-1)9-11-6-2-4-8-13(11)12;1-8-6-9(2)10(7-8)11(3,4)5;2*1-6-2-4-7(8)5-3-6;;;/h1-5,7-8H,9H2;7-8H,1-5H3;2*1-5H;2*1H;. The van der Waals surface area contributed by atoms with E-state index in [2.05, 4.69) is 115 Å². The SMILES string of the molecule is CC1=[C]([Zr](=[CH]c2ccc(Cl)cc2)(=[CH]c2ccc(Cl)cc2)[c]2cccc3c2Cc2ccccc2-3)C(C)C=C1C(C)(C)C.Cl.Cl. The normalized spacial score (nSPS) is 15.2. The molecule has 5 heteroatoms. The smallest absolute Gasteiger partial charge is 0.147 e. The quantitative estimate of drug-likeness (QED) is 0.173. The average molecular weight is 728 g/mol. The Balaban J connectivity index is 0.00000212. The van der Waals surface area contributed by atoms with Gasteiger partial charge in [-0.05, 0) is 0 Å². The first-order valence-electron chi connectivity index (χ1n) is 14.4. The van der Waals surface area contributed by atoms with E-state index in [-0.39, 0.29) is 30.2 Å². The van der Waals surface area contributed by atoms with E-state index in [0.29, 0.717) is 5.92 Å². The van der Waals surface area contributed by atoms with Crippen molar-refractivity contribution in [3.05, 3.63) is 144 Å². The summed E-state index contributed by atoms with van der Waals surface area (Å²) in [5.74, 6) is 0.353. The van der Waals surface area contributed by atoms with Gasteiger partial charge in [0.25, 0.3) is 0 Å². The van der Waals surface area contributed by atoms with Crippen molar-refractivity contribution >= 4 is 58.7 Å². The number of hydrogen-bond acceptors (Lipinski definition) is 0. The molecular formula is C38H38Cl4Zr. The van der Waals surface area contributed by atoms with Gasteiger partial charge in [0.05, 0.1) is 0 Å². The van der Waals surface area contributed by atoms with Crippen LogP contribution in [0.3, 0.4) is 0 Å². The van der Waals surface area contributed by atoms with E-state index in [1.54, 1.807) is 6.55 Å². The molecule has 222 valence electrons. The predicted molar refractivity (Wildman–Crippen MR) is 191 cm³/mol. The summed E-state index contributed by atoms with van der Waals surface area (Å²) in [4.78, 5) is 0. The van der Waals surface area contributed by atoms with Gasteiger partial charge in [-0.3, -0.25) is 0 Å². The Kier molecular flexibility index (Phi) is 10.5. The molecule has 0 nitrogen and oxygen atoms in total. The second-order valence-electron chi connectivity index (χ2n) is 12.6. The third-order valence-corrected chi connectivity index (χ3v) is 20.7. The Morgan fingerprint density at radius 1 is 0.721 bits per heavy atom. The van der Waals surface area contributed by atoms with Crippen LogP contribution < -0.4 is 3.27 Å². The van der Waals surface area contributed by atoms with E-state index in [1.807, 2.05) is 24.3 Å². The van der Waals surface area contributed by atoms with Crippen LogP contribution in [0.2, 0.25) is 10.0 Å². The van der Waals surface area contributed by atoms with Gasteiger partial charge in [-0.25, -0.2) is 0 Å². The van der Waals surface area contributed by atoms with Crippen LogP contribution in [0.15, 0.2) is 111 Å². The Labute approximate surface area is 283 Å². The van der Waals surface area contributed by atoms with Gasteiger partial charge < -0.3 is 0 Å². The van der Waals surface area contributed by atoms with Gasteiger partial charge in [-0.1, -0.05) is 0 Å². The van der Waals surface area contributed by atoms with Crippen LogP contribution in [0, 0.1) is 11.3 Å². The second-order valence-corrected chi connectivity index (χ2v) is 21.8. The fourth-order valence-corrected chi connectivity index (χ4v) is 20.0. The number of fused-ring (bicyclic) bond motifs is 3. The van der Waals surface area contributed by atoms with Gasteiger partial charge in [0, 0.05) is 0 Å². The second kappa shape index (κ2) is 13.2. The molecule has 6 rings (SSSR count). The minimum Gasteiger partial charge on any atom is -0.147 e. The van der Waals surface area contributed by atoms with Gasteiger partial charge in [0.1, 0.15) is 0 Å². The molecule has 0 amide bonds. The number of rotatable bonds is 4. The third kappa shape index (κ3) is 6.45. The zero-order chi connectivity index (χ0) is 28.9. The van der Waals surface area contributed by atoms with Gasteiger partial charge in [-0.15, -0.1) is 24.8 Å². The minimum atomic E-state index is -3.83. The average Bonchev–Trinajstić information content (AvgIpc) is 3.47. The molecule has 43 heavy (non-hydrogen) atoms. The van der Waals surface area contributed by atoms with Crippen molar-refractivity contribution in [1.82, 2.24) is 0 Å². The van der Waals surface area contributed by atoms with E-state index < -0.39 is 19.3 Å². The molecule has 0 aromatic heterocycles. The molecule has 0 N–H and O–H groups in total. The van der Waals surface area contributed by atoms with Crippen molar-refractivity contribution in [2.24, 2.45) is 11.3 Å². The van der Waals surface area contributed by atoms with Crippen molar-refractivity contribution in [3.63, 3.8) is 0 Å². The van der Waals surface area contributed by atoms with Crippen LogP contribution in [0.5, 0.6) is 0 Å². The molecule has 0 heterocycles. The molecule has 0 aliphatic heterocycles. The summed E-state index contributed by atoms with van der Waals surface area (Å²) in [7, 11) is 0. The maximum atomic E-state index is 6.38. The fourth-order valence-electron chi connectivity index (χ4n) is 7.13. The molecule has 0 radical (unpaired) electrons. The van der Waals surface area contributed by atoms with Crippen molar-refractivity contribution in [2.75, 3.05) is 0 Å². The Morgan fingerprint density at radius 3 is 1.79 bits per heavy atom. The van der Waals surface area contributed by atoms with Crippen molar-refractivity contribution < 1.29 is 19.3 Å². The first kappa shape index (κ1) is 34.0. The molecule has 0 saturated heterocycles. The van der Waals surface area contributed by atoms with E-state index in [4.69, 9.17) is 23.2 Å².